The summed E-state index contributed by atoms with van der Waals surface area (Å²) in [6, 6.07) is 0.510. The summed E-state index contributed by atoms with van der Waals surface area (Å²) in [6.45, 7) is 3.48. The average Bonchev–Trinajstić information content (AvgIpc) is 2.75. The number of fused-ring (bicyclic) bond motifs is 1. The van der Waals surface area contributed by atoms with Crippen LogP contribution in [0.2, 0.25) is 0 Å². The van der Waals surface area contributed by atoms with Gasteiger partial charge in [0.25, 0.3) is 0 Å². The van der Waals surface area contributed by atoms with Gasteiger partial charge in [0.2, 0.25) is 0 Å². The standard InChI is InChI=1S/C13H27N3O2S/c1-15(9-10-19(2,17)18)13(11-14)6-8-16-7-4-3-5-12(13)16/h12H,3-11,14H2,1-2H3. The Morgan fingerprint density at radius 3 is 2.74 bits per heavy atom. The van der Waals surface area contributed by atoms with Crippen LogP contribution in [0.3, 0.4) is 0 Å². The van der Waals surface area contributed by atoms with Gasteiger partial charge in [-0.3, -0.25) is 9.80 Å². The van der Waals surface area contributed by atoms with Gasteiger partial charge in [0, 0.05) is 37.5 Å². The number of hydrogen-bond acceptors (Lipinski definition) is 5. The summed E-state index contributed by atoms with van der Waals surface area (Å²) in [4.78, 5) is 4.76. The minimum Gasteiger partial charge on any atom is -0.329 e. The molecule has 2 fully saturated rings. The average molecular weight is 289 g/mol. The van der Waals surface area contributed by atoms with Crippen LogP contribution in [0.1, 0.15) is 25.7 Å². The molecule has 0 aromatic carbocycles. The van der Waals surface area contributed by atoms with Gasteiger partial charge in [-0.2, -0.15) is 0 Å². The number of hydrogen-bond donors (Lipinski definition) is 1. The Balaban J connectivity index is 2.09. The van der Waals surface area contributed by atoms with Gasteiger partial charge in [-0.25, -0.2) is 8.42 Å². The largest absolute Gasteiger partial charge is 0.329 e. The lowest BCUT2D eigenvalue weighted by atomic mass is 9.84. The fourth-order valence-corrected chi connectivity index (χ4v) is 4.34. The van der Waals surface area contributed by atoms with Crippen LogP contribution in [0, 0.1) is 0 Å². The number of nitrogens with two attached hydrogens (primary N) is 1. The first kappa shape index (κ1) is 15.2. The van der Waals surface area contributed by atoms with E-state index >= 15 is 0 Å². The molecule has 112 valence electrons. The summed E-state index contributed by atoms with van der Waals surface area (Å²) in [6.07, 6.45) is 6.11. The van der Waals surface area contributed by atoms with Gasteiger partial charge < -0.3 is 5.73 Å². The van der Waals surface area contributed by atoms with Crippen LogP contribution < -0.4 is 5.73 Å². The first-order chi connectivity index (χ1) is 8.89. The molecule has 0 aliphatic carbocycles. The van der Waals surface area contributed by atoms with Crippen molar-refractivity contribution < 1.29 is 8.42 Å². The van der Waals surface area contributed by atoms with Crippen LogP contribution in [-0.2, 0) is 9.84 Å². The molecule has 0 bridgehead atoms. The molecule has 2 aliphatic rings. The summed E-state index contributed by atoms with van der Waals surface area (Å²) in [5, 5.41) is 0. The normalized spacial score (nSPS) is 32.7. The molecule has 0 radical (unpaired) electrons. The van der Waals surface area contributed by atoms with Gasteiger partial charge in [-0.15, -0.1) is 0 Å². The minimum atomic E-state index is -2.91. The van der Waals surface area contributed by atoms with Crippen LogP contribution in [-0.4, -0.2) is 75.0 Å². The van der Waals surface area contributed by atoms with Gasteiger partial charge in [-0.1, -0.05) is 6.42 Å². The maximum atomic E-state index is 11.4. The molecule has 0 saturated carbocycles. The lowest BCUT2D eigenvalue weighted by Crippen LogP contribution is -2.61. The first-order valence-corrected chi connectivity index (χ1v) is 9.28. The third-order valence-electron chi connectivity index (χ3n) is 4.98. The topological polar surface area (TPSA) is 66.6 Å². The number of nitrogens with zero attached hydrogens (tertiary/aromatic N) is 2. The van der Waals surface area contributed by atoms with E-state index in [9.17, 15) is 8.42 Å². The van der Waals surface area contributed by atoms with Crippen LogP contribution >= 0.6 is 0 Å². The smallest absolute Gasteiger partial charge is 0.148 e. The van der Waals surface area contributed by atoms with Crippen molar-refractivity contribution in [2.75, 3.05) is 45.2 Å². The fourth-order valence-electron chi connectivity index (χ4n) is 3.74. The summed E-state index contributed by atoms with van der Waals surface area (Å²) in [5.41, 5.74) is 6.08. The van der Waals surface area contributed by atoms with Crippen molar-refractivity contribution in [1.82, 2.24) is 9.80 Å². The number of sulfone groups is 1. The number of piperidine rings is 1. The Bertz CT molecular complexity index is 412. The van der Waals surface area contributed by atoms with Gasteiger partial charge in [0.1, 0.15) is 9.84 Å². The summed E-state index contributed by atoms with van der Waals surface area (Å²) in [7, 11) is -0.871. The SMILES string of the molecule is CN(CCS(C)(=O)=O)C1(CN)CCN2CCCCC21. The molecule has 2 aliphatic heterocycles. The highest BCUT2D eigenvalue weighted by Gasteiger charge is 2.49. The quantitative estimate of drug-likeness (QED) is 0.767. The van der Waals surface area contributed by atoms with Crippen molar-refractivity contribution in [3.8, 4) is 0 Å². The van der Waals surface area contributed by atoms with E-state index in [0.29, 0.717) is 19.1 Å². The van der Waals surface area contributed by atoms with Gasteiger partial charge >= 0.3 is 0 Å². The highest BCUT2D eigenvalue weighted by atomic mass is 32.2. The van der Waals surface area contributed by atoms with E-state index in [2.05, 4.69) is 9.80 Å². The molecule has 2 heterocycles. The van der Waals surface area contributed by atoms with Crippen molar-refractivity contribution >= 4 is 9.84 Å². The van der Waals surface area contributed by atoms with E-state index in [1.54, 1.807) is 0 Å². The molecule has 2 rings (SSSR count). The lowest BCUT2D eigenvalue weighted by Gasteiger charge is -2.46. The van der Waals surface area contributed by atoms with E-state index in [0.717, 1.165) is 13.0 Å². The summed E-state index contributed by atoms with van der Waals surface area (Å²) < 4.78 is 22.7. The molecule has 19 heavy (non-hydrogen) atoms. The zero-order valence-electron chi connectivity index (χ0n) is 12.1. The molecule has 2 saturated heterocycles. The van der Waals surface area contributed by atoms with Crippen molar-refractivity contribution in [2.45, 2.75) is 37.3 Å². The highest BCUT2D eigenvalue weighted by Crippen LogP contribution is 2.38. The van der Waals surface area contributed by atoms with E-state index in [-0.39, 0.29) is 11.3 Å². The van der Waals surface area contributed by atoms with Gasteiger partial charge in [-0.05, 0) is 32.9 Å². The second-order valence-corrected chi connectivity index (χ2v) is 8.42. The molecule has 2 N–H and O–H groups in total. The molecule has 5 nitrogen and oxygen atoms in total. The second kappa shape index (κ2) is 5.68. The summed E-state index contributed by atoms with van der Waals surface area (Å²) in [5.74, 6) is 0.220. The third kappa shape index (κ3) is 3.12. The van der Waals surface area contributed by atoms with E-state index < -0.39 is 9.84 Å². The lowest BCUT2D eigenvalue weighted by molar-refractivity contribution is 0.0605. The molecule has 6 heteroatoms. The molecule has 0 amide bonds. The highest BCUT2D eigenvalue weighted by molar-refractivity contribution is 7.90. The zero-order valence-corrected chi connectivity index (χ0v) is 13.0. The minimum absolute atomic E-state index is 0.0227. The predicted octanol–water partition coefficient (Wildman–Crippen LogP) is -0.0815. The molecular formula is C13H27N3O2S. The van der Waals surface area contributed by atoms with E-state index in [4.69, 9.17) is 5.73 Å². The Morgan fingerprint density at radius 2 is 2.11 bits per heavy atom. The Morgan fingerprint density at radius 1 is 1.37 bits per heavy atom. The van der Waals surface area contributed by atoms with E-state index in [1.807, 2.05) is 7.05 Å². The first-order valence-electron chi connectivity index (χ1n) is 7.22. The van der Waals surface area contributed by atoms with Crippen LogP contribution in [0.4, 0.5) is 0 Å². The van der Waals surface area contributed by atoms with E-state index in [1.165, 1.54) is 32.1 Å². The Labute approximate surface area is 117 Å². The number of likely N-dealkylation sites (N-methyl/N-ethyl adjacent to an activating group) is 1. The molecular weight excluding hydrogens is 262 g/mol. The second-order valence-electron chi connectivity index (χ2n) is 6.16. The molecule has 2 atom stereocenters. The predicted molar refractivity (Wildman–Crippen MR) is 78.0 cm³/mol. The third-order valence-corrected chi connectivity index (χ3v) is 5.90. The summed E-state index contributed by atoms with van der Waals surface area (Å²) >= 11 is 0. The van der Waals surface area contributed by atoms with Gasteiger partial charge in [0.05, 0.1) is 5.75 Å². The van der Waals surface area contributed by atoms with Crippen LogP contribution in [0.15, 0.2) is 0 Å². The Kier molecular flexibility index (Phi) is 4.55. The molecule has 2 unspecified atom stereocenters. The fraction of sp³-hybridized carbons (Fsp3) is 1.00. The number of rotatable bonds is 5. The maximum absolute atomic E-state index is 11.4. The van der Waals surface area contributed by atoms with Crippen molar-refractivity contribution in [3.63, 3.8) is 0 Å². The van der Waals surface area contributed by atoms with Crippen molar-refractivity contribution in [3.05, 3.63) is 0 Å². The van der Waals surface area contributed by atoms with Crippen LogP contribution in [0.25, 0.3) is 0 Å². The molecule has 0 spiro atoms. The zero-order chi connectivity index (χ0) is 14.1. The van der Waals surface area contributed by atoms with Gasteiger partial charge in [0.15, 0.2) is 0 Å². The monoisotopic (exact) mass is 289 g/mol. The molecule has 0 aromatic rings. The maximum Gasteiger partial charge on any atom is 0.148 e. The van der Waals surface area contributed by atoms with Crippen LogP contribution in [0.5, 0.6) is 0 Å². The van der Waals surface area contributed by atoms with Crippen molar-refractivity contribution in [2.24, 2.45) is 5.73 Å². The Hall–Kier alpha value is -0.170. The molecule has 0 aromatic heterocycles. The van der Waals surface area contributed by atoms with Crippen molar-refractivity contribution in [1.29, 1.82) is 0 Å².